The largest absolute Gasteiger partial charge is 0.272 e. The predicted molar refractivity (Wildman–Crippen MR) is 80.5 cm³/mol. The third kappa shape index (κ3) is 2.79. The van der Waals surface area contributed by atoms with Gasteiger partial charge in [-0.25, -0.2) is 8.42 Å². The quantitative estimate of drug-likeness (QED) is 0.848. The molecule has 0 unspecified atom stereocenters. The summed E-state index contributed by atoms with van der Waals surface area (Å²) in [7, 11) is 0.162. The van der Waals surface area contributed by atoms with Crippen LogP contribution in [-0.2, 0) is 23.5 Å². The highest BCUT2D eigenvalue weighted by atomic mass is 32.2. The van der Waals surface area contributed by atoms with E-state index in [9.17, 15) is 8.42 Å². The van der Waals surface area contributed by atoms with Crippen LogP contribution in [0.15, 0.2) is 21.7 Å². The molecule has 0 aliphatic rings. The van der Waals surface area contributed by atoms with E-state index in [1.807, 2.05) is 25.6 Å². The molecule has 20 heavy (non-hydrogen) atoms. The van der Waals surface area contributed by atoms with Crippen LogP contribution in [-0.4, -0.2) is 36.1 Å². The van der Waals surface area contributed by atoms with Crippen LogP contribution in [0, 0.1) is 13.8 Å². The lowest BCUT2D eigenvalue weighted by Crippen LogP contribution is -2.28. The van der Waals surface area contributed by atoms with Crippen LogP contribution in [0.1, 0.15) is 17.0 Å². The summed E-state index contributed by atoms with van der Waals surface area (Å²) < 4.78 is 28.2. The Balaban J connectivity index is 2.11. The maximum absolute atomic E-state index is 12.3. The lowest BCUT2D eigenvalue weighted by molar-refractivity contribution is 0.473. The van der Waals surface area contributed by atoms with Crippen LogP contribution in [0.5, 0.6) is 0 Å². The van der Waals surface area contributed by atoms with E-state index < -0.39 is 10.0 Å². The molecule has 0 fully saturated rings. The Morgan fingerprint density at radius 1 is 1.40 bits per heavy atom. The van der Waals surface area contributed by atoms with E-state index in [0.29, 0.717) is 17.2 Å². The van der Waals surface area contributed by atoms with E-state index >= 15 is 0 Å². The van der Waals surface area contributed by atoms with Gasteiger partial charge in [0.2, 0.25) is 0 Å². The molecule has 0 saturated heterocycles. The third-order valence-corrected chi connectivity index (χ3v) is 6.73. The zero-order chi connectivity index (χ0) is 14.9. The summed E-state index contributed by atoms with van der Waals surface area (Å²) in [6, 6.07) is 3.39. The second kappa shape index (κ2) is 5.67. The molecule has 7 heteroatoms. The minimum Gasteiger partial charge on any atom is -0.272 e. The van der Waals surface area contributed by atoms with E-state index in [1.165, 1.54) is 15.6 Å². The normalized spacial score (nSPS) is 12.2. The summed E-state index contributed by atoms with van der Waals surface area (Å²) in [6.07, 6.45) is 0.673. The van der Waals surface area contributed by atoms with Gasteiger partial charge in [-0.3, -0.25) is 4.68 Å². The number of rotatable bonds is 5. The molecular weight excluding hydrogens is 294 g/mol. The van der Waals surface area contributed by atoms with Gasteiger partial charge in [0.1, 0.15) is 4.21 Å². The minimum absolute atomic E-state index is 0.389. The standard InChI is InChI=1S/C13H19N3O2S2/c1-10-12(11(2)16(4)14-10)7-8-15(3)20(17,18)13-6-5-9-19-13/h5-6,9H,7-8H2,1-4H3. The molecule has 0 N–H and O–H groups in total. The fourth-order valence-corrected chi connectivity index (χ4v) is 4.51. The number of aryl methyl sites for hydroxylation is 2. The lowest BCUT2D eigenvalue weighted by Gasteiger charge is -2.16. The second-order valence-electron chi connectivity index (χ2n) is 4.78. The van der Waals surface area contributed by atoms with Crippen LogP contribution >= 0.6 is 11.3 Å². The summed E-state index contributed by atoms with van der Waals surface area (Å²) in [5.74, 6) is 0. The van der Waals surface area contributed by atoms with Crippen molar-refractivity contribution >= 4 is 21.4 Å². The molecule has 0 bridgehead atoms. The highest BCUT2D eigenvalue weighted by Gasteiger charge is 2.22. The summed E-state index contributed by atoms with van der Waals surface area (Å²) in [6.45, 7) is 4.41. The lowest BCUT2D eigenvalue weighted by atomic mass is 10.1. The molecular formula is C13H19N3O2S2. The van der Waals surface area contributed by atoms with Crippen molar-refractivity contribution in [1.29, 1.82) is 0 Å². The molecule has 0 aliphatic carbocycles. The molecule has 0 atom stereocenters. The molecule has 0 amide bonds. The Morgan fingerprint density at radius 2 is 2.10 bits per heavy atom. The Kier molecular flexibility index (Phi) is 4.31. The van der Waals surface area contributed by atoms with Crippen LogP contribution in [0.4, 0.5) is 0 Å². The first-order valence-electron chi connectivity index (χ1n) is 6.33. The van der Waals surface area contributed by atoms with Crippen molar-refractivity contribution in [3.8, 4) is 0 Å². The Bertz CT molecular complexity index is 688. The van der Waals surface area contributed by atoms with Crippen LogP contribution < -0.4 is 0 Å². The summed E-state index contributed by atoms with van der Waals surface area (Å²) in [5.41, 5.74) is 3.18. The average molecular weight is 313 g/mol. The zero-order valence-electron chi connectivity index (χ0n) is 12.1. The highest BCUT2D eigenvalue weighted by molar-refractivity contribution is 7.91. The van der Waals surface area contributed by atoms with Crippen LogP contribution in [0.2, 0.25) is 0 Å². The number of nitrogens with zero attached hydrogens (tertiary/aromatic N) is 3. The van der Waals surface area contributed by atoms with Crippen molar-refractivity contribution in [3.05, 3.63) is 34.5 Å². The molecule has 2 heterocycles. The first kappa shape index (κ1) is 15.2. The van der Waals surface area contributed by atoms with Gasteiger partial charge in [0.15, 0.2) is 0 Å². The minimum atomic E-state index is -3.36. The SMILES string of the molecule is Cc1nn(C)c(C)c1CCN(C)S(=O)(=O)c1cccs1. The van der Waals surface area contributed by atoms with E-state index in [1.54, 1.807) is 24.6 Å². The van der Waals surface area contributed by atoms with Gasteiger partial charge in [-0.05, 0) is 37.3 Å². The molecule has 110 valence electrons. The molecule has 2 aromatic heterocycles. The van der Waals surface area contributed by atoms with Crippen molar-refractivity contribution in [1.82, 2.24) is 14.1 Å². The maximum Gasteiger partial charge on any atom is 0.252 e. The first-order valence-corrected chi connectivity index (χ1v) is 8.65. The first-order chi connectivity index (χ1) is 9.34. The van der Waals surface area contributed by atoms with Crippen molar-refractivity contribution in [2.24, 2.45) is 7.05 Å². The summed E-state index contributed by atoms with van der Waals surface area (Å²) in [5, 5.41) is 6.13. The van der Waals surface area contributed by atoms with Crippen molar-refractivity contribution in [3.63, 3.8) is 0 Å². The number of sulfonamides is 1. The number of aromatic nitrogens is 2. The molecule has 0 aliphatic heterocycles. The van der Waals surface area contributed by atoms with Gasteiger partial charge in [0, 0.05) is 26.3 Å². The Labute approximate surface area is 123 Å². The van der Waals surface area contributed by atoms with E-state index in [4.69, 9.17) is 0 Å². The summed E-state index contributed by atoms with van der Waals surface area (Å²) in [4.78, 5) is 0. The molecule has 0 spiro atoms. The molecule has 0 radical (unpaired) electrons. The van der Waals surface area contributed by atoms with Crippen molar-refractivity contribution in [2.75, 3.05) is 13.6 Å². The fraction of sp³-hybridized carbons (Fsp3) is 0.462. The Hall–Kier alpha value is -1.18. The van der Waals surface area contributed by atoms with Gasteiger partial charge in [0.05, 0.1) is 5.69 Å². The van der Waals surface area contributed by atoms with Gasteiger partial charge in [-0.15, -0.1) is 11.3 Å². The molecule has 5 nitrogen and oxygen atoms in total. The summed E-state index contributed by atoms with van der Waals surface area (Å²) >= 11 is 1.24. The van der Waals surface area contributed by atoms with Crippen LogP contribution in [0.3, 0.4) is 0 Å². The van der Waals surface area contributed by atoms with Crippen molar-refractivity contribution in [2.45, 2.75) is 24.5 Å². The van der Waals surface area contributed by atoms with Gasteiger partial charge in [-0.2, -0.15) is 9.40 Å². The smallest absolute Gasteiger partial charge is 0.252 e. The van der Waals surface area contributed by atoms with Crippen LogP contribution in [0.25, 0.3) is 0 Å². The molecule has 0 aromatic carbocycles. The van der Waals surface area contributed by atoms with Gasteiger partial charge in [-0.1, -0.05) is 6.07 Å². The molecule has 0 saturated carbocycles. The number of hydrogen-bond acceptors (Lipinski definition) is 4. The predicted octanol–water partition coefficient (Wildman–Crippen LogP) is 1.96. The second-order valence-corrected chi connectivity index (χ2v) is 8.00. The topological polar surface area (TPSA) is 55.2 Å². The molecule has 2 aromatic rings. The number of hydrogen-bond donors (Lipinski definition) is 0. The van der Waals surface area contributed by atoms with E-state index in [0.717, 1.165) is 17.0 Å². The Morgan fingerprint density at radius 3 is 2.60 bits per heavy atom. The number of likely N-dealkylation sites (N-methyl/N-ethyl adjacent to an activating group) is 1. The third-order valence-electron chi connectivity index (χ3n) is 3.50. The fourth-order valence-electron chi connectivity index (χ4n) is 2.13. The van der Waals surface area contributed by atoms with E-state index in [2.05, 4.69) is 5.10 Å². The average Bonchev–Trinajstić information content (AvgIpc) is 2.99. The van der Waals surface area contributed by atoms with Gasteiger partial charge >= 0.3 is 0 Å². The zero-order valence-corrected chi connectivity index (χ0v) is 13.8. The number of thiophene rings is 1. The van der Waals surface area contributed by atoms with Crippen molar-refractivity contribution < 1.29 is 8.42 Å². The maximum atomic E-state index is 12.3. The van der Waals surface area contributed by atoms with E-state index in [-0.39, 0.29) is 0 Å². The molecule has 2 rings (SSSR count). The van der Waals surface area contributed by atoms with Gasteiger partial charge < -0.3 is 0 Å². The monoisotopic (exact) mass is 313 g/mol. The highest BCUT2D eigenvalue weighted by Crippen LogP contribution is 2.20. The van der Waals surface area contributed by atoms with Gasteiger partial charge in [0.25, 0.3) is 10.0 Å².